The molecular formula is C13H24N4O2S2. The van der Waals surface area contributed by atoms with E-state index < -0.39 is 10.2 Å². The van der Waals surface area contributed by atoms with Crippen molar-refractivity contribution in [3.63, 3.8) is 0 Å². The molecule has 2 heterocycles. The Hall–Kier alpha value is -0.540. The van der Waals surface area contributed by atoms with Gasteiger partial charge in [-0.15, -0.1) is 11.3 Å². The van der Waals surface area contributed by atoms with Gasteiger partial charge in [-0.25, -0.2) is 4.98 Å². The molecule has 21 heavy (non-hydrogen) atoms. The molecular weight excluding hydrogens is 308 g/mol. The van der Waals surface area contributed by atoms with Gasteiger partial charge in [-0.3, -0.25) is 0 Å². The van der Waals surface area contributed by atoms with Crippen molar-refractivity contribution in [1.82, 2.24) is 19.3 Å². The van der Waals surface area contributed by atoms with Crippen molar-refractivity contribution in [1.29, 1.82) is 0 Å². The molecule has 0 aliphatic carbocycles. The molecule has 0 spiro atoms. The summed E-state index contributed by atoms with van der Waals surface area (Å²) in [5, 5.41) is 6.05. The topological polar surface area (TPSA) is 74.3 Å². The van der Waals surface area contributed by atoms with Crippen molar-refractivity contribution in [2.24, 2.45) is 5.92 Å². The van der Waals surface area contributed by atoms with Crippen LogP contribution in [0.3, 0.4) is 0 Å². The van der Waals surface area contributed by atoms with Gasteiger partial charge in [0.15, 0.2) is 0 Å². The summed E-state index contributed by atoms with van der Waals surface area (Å²) in [5.74, 6) is 0.567. The third-order valence-corrected chi connectivity index (χ3v) is 5.95. The minimum Gasteiger partial charge on any atom is -0.314 e. The van der Waals surface area contributed by atoms with Crippen LogP contribution >= 0.6 is 11.3 Å². The third-order valence-electron chi connectivity index (χ3n) is 3.62. The van der Waals surface area contributed by atoms with Crippen molar-refractivity contribution in [3.8, 4) is 0 Å². The van der Waals surface area contributed by atoms with Gasteiger partial charge in [0.05, 0.1) is 6.54 Å². The van der Waals surface area contributed by atoms with E-state index in [0.717, 1.165) is 24.4 Å². The lowest BCUT2D eigenvalue weighted by molar-refractivity contribution is 0.261. The molecule has 0 bridgehead atoms. The van der Waals surface area contributed by atoms with E-state index in [2.05, 4.69) is 28.9 Å². The minimum atomic E-state index is -3.38. The average Bonchev–Trinajstić information content (AvgIpc) is 2.97. The highest BCUT2D eigenvalue weighted by Gasteiger charge is 2.27. The Labute approximate surface area is 131 Å². The summed E-state index contributed by atoms with van der Waals surface area (Å²) in [5.41, 5.74) is 0. The van der Waals surface area contributed by atoms with E-state index in [4.69, 9.17) is 0 Å². The zero-order valence-electron chi connectivity index (χ0n) is 12.6. The highest BCUT2D eigenvalue weighted by Crippen LogP contribution is 2.18. The van der Waals surface area contributed by atoms with E-state index in [1.807, 2.05) is 5.38 Å². The largest absolute Gasteiger partial charge is 0.314 e. The predicted octanol–water partition coefficient (Wildman–Crippen LogP) is 1.19. The van der Waals surface area contributed by atoms with Crippen LogP contribution in [0.4, 0.5) is 0 Å². The molecule has 0 amide bonds. The number of thiazole rings is 1. The summed E-state index contributed by atoms with van der Waals surface area (Å²) < 4.78 is 28.6. The smallest absolute Gasteiger partial charge is 0.279 e. The zero-order valence-corrected chi connectivity index (χ0v) is 14.2. The molecule has 0 aromatic carbocycles. The molecule has 0 saturated carbocycles. The van der Waals surface area contributed by atoms with Crippen molar-refractivity contribution >= 4 is 21.5 Å². The van der Waals surface area contributed by atoms with Crippen molar-refractivity contribution in [2.75, 3.05) is 19.6 Å². The lowest BCUT2D eigenvalue weighted by Gasteiger charge is -2.31. The normalized spacial score (nSPS) is 18.4. The SMILES string of the molecule is CC(C)NCC1CCN(S(=O)(=O)NCc2nccs2)CC1. The van der Waals surface area contributed by atoms with Gasteiger partial charge >= 0.3 is 0 Å². The number of nitrogens with zero attached hydrogens (tertiary/aromatic N) is 2. The molecule has 1 fully saturated rings. The fraction of sp³-hybridized carbons (Fsp3) is 0.769. The fourth-order valence-electron chi connectivity index (χ4n) is 2.34. The molecule has 1 aromatic heterocycles. The summed E-state index contributed by atoms with van der Waals surface area (Å²) in [6, 6.07) is 0.478. The average molecular weight is 332 g/mol. The van der Waals surface area contributed by atoms with Crippen LogP contribution in [-0.2, 0) is 16.8 Å². The van der Waals surface area contributed by atoms with Crippen LogP contribution < -0.4 is 10.0 Å². The van der Waals surface area contributed by atoms with E-state index in [1.54, 1.807) is 10.5 Å². The van der Waals surface area contributed by atoms with Gasteiger partial charge in [-0.2, -0.15) is 17.4 Å². The Balaban J connectivity index is 1.77. The Morgan fingerprint density at radius 2 is 2.14 bits per heavy atom. The second-order valence-corrected chi connectivity index (χ2v) is 8.39. The van der Waals surface area contributed by atoms with E-state index in [0.29, 0.717) is 25.0 Å². The Bertz CT molecular complexity index is 508. The molecule has 2 rings (SSSR count). The predicted molar refractivity (Wildman–Crippen MR) is 85.3 cm³/mol. The van der Waals surface area contributed by atoms with Crippen molar-refractivity contribution < 1.29 is 8.42 Å². The Morgan fingerprint density at radius 1 is 1.43 bits per heavy atom. The van der Waals surface area contributed by atoms with Gasteiger partial charge < -0.3 is 5.32 Å². The van der Waals surface area contributed by atoms with Crippen LogP contribution in [0.5, 0.6) is 0 Å². The van der Waals surface area contributed by atoms with Gasteiger partial charge in [0.1, 0.15) is 5.01 Å². The number of hydrogen-bond acceptors (Lipinski definition) is 5. The standard InChI is InChI=1S/C13H24N4O2S2/c1-11(2)15-9-12-3-6-17(7-4-12)21(18,19)16-10-13-14-5-8-20-13/h5,8,11-12,15-16H,3-4,6-7,9-10H2,1-2H3. The molecule has 2 N–H and O–H groups in total. The molecule has 8 heteroatoms. The lowest BCUT2D eigenvalue weighted by atomic mass is 9.98. The number of nitrogens with one attached hydrogen (secondary N) is 2. The van der Waals surface area contributed by atoms with Gasteiger partial charge in [0.2, 0.25) is 0 Å². The molecule has 1 aromatic rings. The van der Waals surface area contributed by atoms with E-state index in [-0.39, 0.29) is 6.54 Å². The fourth-order valence-corrected chi connectivity index (χ4v) is 4.18. The van der Waals surface area contributed by atoms with Crippen LogP contribution in [0, 0.1) is 5.92 Å². The molecule has 0 atom stereocenters. The maximum Gasteiger partial charge on any atom is 0.279 e. The first-order valence-corrected chi connectivity index (χ1v) is 9.66. The number of hydrogen-bond donors (Lipinski definition) is 2. The van der Waals surface area contributed by atoms with Gasteiger partial charge in [-0.1, -0.05) is 13.8 Å². The molecule has 1 aliphatic heterocycles. The van der Waals surface area contributed by atoms with Gasteiger partial charge in [0.25, 0.3) is 10.2 Å². The van der Waals surface area contributed by atoms with E-state index in [1.165, 1.54) is 11.3 Å². The zero-order chi connectivity index (χ0) is 15.3. The summed E-state index contributed by atoms with van der Waals surface area (Å²) >= 11 is 1.46. The first kappa shape index (κ1) is 16.8. The lowest BCUT2D eigenvalue weighted by Crippen LogP contribution is -2.46. The Morgan fingerprint density at radius 3 is 2.71 bits per heavy atom. The monoisotopic (exact) mass is 332 g/mol. The summed E-state index contributed by atoms with van der Waals surface area (Å²) in [6.45, 7) is 6.69. The van der Waals surface area contributed by atoms with Crippen LogP contribution in [-0.4, -0.2) is 43.4 Å². The number of rotatable bonds is 7. The van der Waals surface area contributed by atoms with E-state index in [9.17, 15) is 8.42 Å². The van der Waals surface area contributed by atoms with Crippen LogP contribution in [0.2, 0.25) is 0 Å². The maximum atomic E-state index is 12.2. The third kappa shape index (κ3) is 5.30. The first-order valence-electron chi connectivity index (χ1n) is 7.34. The number of piperidine rings is 1. The Kier molecular flexibility index (Phi) is 6.12. The quantitative estimate of drug-likeness (QED) is 0.786. The summed E-state index contributed by atoms with van der Waals surface area (Å²) in [6.07, 6.45) is 3.51. The van der Waals surface area contributed by atoms with E-state index >= 15 is 0 Å². The first-order chi connectivity index (χ1) is 9.97. The maximum absolute atomic E-state index is 12.2. The molecule has 0 unspecified atom stereocenters. The van der Waals surface area contributed by atoms with Crippen LogP contribution in [0.25, 0.3) is 0 Å². The minimum absolute atomic E-state index is 0.273. The molecule has 1 aliphatic rings. The summed E-state index contributed by atoms with van der Waals surface area (Å²) in [7, 11) is -3.38. The second-order valence-electron chi connectivity index (χ2n) is 5.66. The second kappa shape index (κ2) is 7.64. The van der Waals surface area contributed by atoms with Crippen LogP contribution in [0.15, 0.2) is 11.6 Å². The number of aromatic nitrogens is 1. The molecule has 120 valence electrons. The van der Waals surface area contributed by atoms with Crippen molar-refractivity contribution in [3.05, 3.63) is 16.6 Å². The molecule has 0 radical (unpaired) electrons. The van der Waals surface area contributed by atoms with Crippen LogP contribution in [0.1, 0.15) is 31.7 Å². The van der Waals surface area contributed by atoms with Crippen molar-refractivity contribution in [2.45, 2.75) is 39.3 Å². The summed E-state index contributed by atoms with van der Waals surface area (Å²) in [4.78, 5) is 4.08. The van der Waals surface area contributed by atoms with Gasteiger partial charge in [0, 0.05) is 30.7 Å². The molecule has 6 nitrogen and oxygen atoms in total. The highest BCUT2D eigenvalue weighted by atomic mass is 32.2. The van der Waals surface area contributed by atoms with Gasteiger partial charge in [-0.05, 0) is 25.3 Å². The molecule has 1 saturated heterocycles. The highest BCUT2D eigenvalue weighted by molar-refractivity contribution is 7.87.